The Morgan fingerprint density at radius 2 is 0.844 bits per heavy atom. The lowest BCUT2D eigenvalue weighted by atomic mass is 9.92. The Morgan fingerprint density at radius 1 is 0.312 bits per heavy atom. The van der Waals surface area contributed by atoms with E-state index in [0.29, 0.717) is 17.5 Å². The second-order valence-corrected chi connectivity index (χ2v) is 20.2. The normalized spacial score (nSPS) is 12.4. The Hall–Kier alpha value is -10.4. The molecule has 77 heavy (non-hydrogen) atoms. The Bertz CT molecular complexity index is 4950. The fourth-order valence-corrected chi connectivity index (χ4v) is 12.4. The Kier molecular flexibility index (Phi) is 8.77. The predicted octanol–water partition coefficient (Wildman–Crippen LogP) is 18.6. The molecule has 0 spiro atoms. The molecule has 7 nitrogen and oxygen atoms in total. The van der Waals surface area contributed by atoms with E-state index in [1.807, 2.05) is 48.5 Å². The van der Waals surface area contributed by atoms with Crippen LogP contribution in [0.15, 0.2) is 244 Å². The Balaban J connectivity index is 0.931. The molecule has 0 bridgehead atoms. The van der Waals surface area contributed by atoms with Crippen LogP contribution in [-0.2, 0) is 6.42 Å². The van der Waals surface area contributed by atoms with Crippen LogP contribution in [0.2, 0.25) is 0 Å². The molecule has 16 aromatic rings. The second-order valence-electron chi connectivity index (χ2n) is 20.2. The highest BCUT2D eigenvalue weighted by Gasteiger charge is 2.28. The topological polar surface area (TPSA) is 83.0 Å². The first-order valence-corrected chi connectivity index (χ1v) is 26.0. The summed E-state index contributed by atoms with van der Waals surface area (Å²) in [5.74, 6) is 1.58. The van der Waals surface area contributed by atoms with E-state index in [9.17, 15) is 0 Å². The van der Waals surface area contributed by atoms with Crippen LogP contribution in [0, 0.1) is 0 Å². The van der Waals surface area contributed by atoms with Crippen molar-refractivity contribution >= 4 is 87.6 Å². The molecule has 0 saturated heterocycles. The summed E-state index contributed by atoms with van der Waals surface area (Å²) in [6.07, 6.45) is 0.877. The summed E-state index contributed by atoms with van der Waals surface area (Å²) in [6.45, 7) is 0. The van der Waals surface area contributed by atoms with Crippen molar-refractivity contribution in [3.63, 3.8) is 0 Å². The molecule has 7 heteroatoms. The lowest BCUT2D eigenvalue weighted by molar-refractivity contribution is 0.668. The third kappa shape index (κ3) is 6.28. The highest BCUT2D eigenvalue weighted by atomic mass is 16.3. The van der Waals surface area contributed by atoms with Gasteiger partial charge in [0.1, 0.15) is 33.5 Å². The smallest absolute Gasteiger partial charge is 0.164 e. The van der Waals surface area contributed by atoms with Crippen LogP contribution in [0.4, 0.5) is 0 Å². The third-order valence-electron chi connectivity index (χ3n) is 15.9. The zero-order chi connectivity index (χ0) is 50.3. The zero-order valence-electron chi connectivity index (χ0n) is 41.2. The van der Waals surface area contributed by atoms with Gasteiger partial charge in [-0.1, -0.05) is 158 Å². The summed E-state index contributed by atoms with van der Waals surface area (Å²) in [5, 5.41) is 8.70. The third-order valence-corrected chi connectivity index (χ3v) is 15.9. The maximum atomic E-state index is 7.08. The van der Waals surface area contributed by atoms with Gasteiger partial charge in [-0.05, 0) is 113 Å². The number of nitrogens with zero attached hydrogens (tertiary/aromatic N) is 4. The van der Waals surface area contributed by atoms with Crippen LogP contribution in [0.1, 0.15) is 11.1 Å². The molecule has 0 fully saturated rings. The van der Waals surface area contributed by atoms with Crippen molar-refractivity contribution < 1.29 is 13.3 Å². The fraction of sp³-hybridized carbons (Fsp3) is 0.0143. The number of hydrogen-bond acceptors (Lipinski definition) is 6. The van der Waals surface area contributed by atoms with Crippen molar-refractivity contribution in [3.05, 3.63) is 242 Å². The van der Waals surface area contributed by atoms with Gasteiger partial charge in [-0.3, -0.25) is 0 Å². The molecule has 0 radical (unpaired) electrons. The molecule has 0 atom stereocenters. The van der Waals surface area contributed by atoms with Gasteiger partial charge in [0, 0.05) is 65.5 Å². The zero-order valence-corrected chi connectivity index (χ0v) is 41.2. The van der Waals surface area contributed by atoms with Crippen molar-refractivity contribution in [1.82, 2.24) is 19.5 Å². The van der Waals surface area contributed by atoms with Gasteiger partial charge in [0.15, 0.2) is 17.5 Å². The maximum Gasteiger partial charge on any atom is 0.164 e. The van der Waals surface area contributed by atoms with Crippen molar-refractivity contribution in [1.29, 1.82) is 0 Å². The predicted molar refractivity (Wildman–Crippen MR) is 311 cm³/mol. The first-order valence-electron chi connectivity index (χ1n) is 26.0. The van der Waals surface area contributed by atoms with Crippen LogP contribution in [0.3, 0.4) is 0 Å². The second kappa shape index (κ2) is 16.1. The van der Waals surface area contributed by atoms with Gasteiger partial charge in [0.05, 0.1) is 22.1 Å². The molecular weight excluding hydrogens is 945 g/mol. The summed E-state index contributed by atoms with van der Waals surface area (Å²) in [5.41, 5.74) is 20.0. The van der Waals surface area contributed by atoms with E-state index in [-0.39, 0.29) is 0 Å². The molecule has 0 unspecified atom stereocenters. The largest absolute Gasteiger partial charge is 0.456 e. The van der Waals surface area contributed by atoms with Gasteiger partial charge in [0.2, 0.25) is 0 Å². The maximum absolute atomic E-state index is 7.08. The van der Waals surface area contributed by atoms with Gasteiger partial charge >= 0.3 is 0 Å². The van der Waals surface area contributed by atoms with E-state index in [4.69, 9.17) is 28.2 Å². The Morgan fingerprint density at radius 3 is 1.49 bits per heavy atom. The van der Waals surface area contributed by atoms with E-state index in [2.05, 4.69) is 187 Å². The lowest BCUT2D eigenvalue weighted by Gasteiger charge is -2.21. The standard InChI is InChI=1S/C70H40N4O3/c1-3-15-40(16-4-1)54-36-45(70-72-68(43-27-29-50-48-21-10-13-25-59(48)75-62(50)38-43)71-69(73-70)44-28-30-51-49-22-11-14-26-60(49)76-63(51)39-44)37-55(41-17-5-2-6-18-41)66(54)74-57-24-12-9-23-52(57)65-58(74)33-31-53-64-56-35-42-19-7-8-20-46(42)47(56)32-34-61(64)77-67(53)65/h1-34,36-39H,35H2. The van der Waals surface area contributed by atoms with Crippen LogP contribution in [0.25, 0.3) is 161 Å². The van der Waals surface area contributed by atoms with E-state index in [1.54, 1.807) is 0 Å². The highest BCUT2D eigenvalue weighted by molar-refractivity contribution is 6.25. The average molecular weight is 985 g/mol. The van der Waals surface area contributed by atoms with Gasteiger partial charge in [-0.15, -0.1) is 0 Å². The highest BCUT2D eigenvalue weighted by Crippen LogP contribution is 2.49. The quantitative estimate of drug-likeness (QED) is 0.165. The van der Waals surface area contributed by atoms with Crippen molar-refractivity contribution in [2.75, 3.05) is 0 Å². The lowest BCUT2D eigenvalue weighted by Crippen LogP contribution is -2.04. The van der Waals surface area contributed by atoms with Gasteiger partial charge in [-0.25, -0.2) is 15.0 Å². The van der Waals surface area contributed by atoms with Crippen molar-refractivity contribution in [2.24, 2.45) is 0 Å². The number of rotatable bonds is 6. The minimum Gasteiger partial charge on any atom is -0.456 e. The molecule has 0 amide bonds. The van der Waals surface area contributed by atoms with Crippen LogP contribution >= 0.6 is 0 Å². The number of para-hydroxylation sites is 3. The number of hydrogen-bond donors (Lipinski definition) is 0. The van der Waals surface area contributed by atoms with Crippen LogP contribution in [0.5, 0.6) is 0 Å². The molecular formula is C70H40N4O3. The molecule has 1 aliphatic carbocycles. The van der Waals surface area contributed by atoms with Gasteiger partial charge in [-0.2, -0.15) is 0 Å². The van der Waals surface area contributed by atoms with Crippen LogP contribution < -0.4 is 0 Å². The average Bonchev–Trinajstić information content (AvgIpc) is 4.47. The summed E-state index contributed by atoms with van der Waals surface area (Å²) in [7, 11) is 0. The molecule has 358 valence electrons. The van der Waals surface area contributed by atoms with E-state index >= 15 is 0 Å². The number of benzene rings is 11. The summed E-state index contributed by atoms with van der Waals surface area (Å²) in [6, 6.07) is 81.1. The van der Waals surface area contributed by atoms with E-state index in [0.717, 1.165) is 133 Å². The van der Waals surface area contributed by atoms with Gasteiger partial charge in [0.25, 0.3) is 0 Å². The molecule has 0 aliphatic heterocycles. The molecule has 0 saturated carbocycles. The van der Waals surface area contributed by atoms with Gasteiger partial charge < -0.3 is 17.8 Å². The number of furan rings is 3. The summed E-state index contributed by atoms with van der Waals surface area (Å²) >= 11 is 0. The van der Waals surface area contributed by atoms with E-state index < -0.39 is 0 Å². The molecule has 5 aromatic heterocycles. The SMILES string of the molecule is c1ccc(-c2cc(-c3nc(-c4ccc5c(c4)oc4ccccc45)nc(-c4ccc5c(c4)oc4ccccc45)n3)cc(-c3ccccc3)c2-n2c3ccccc3c3c4oc5ccc6c(c5c4ccc32)Cc2ccccc2-6)cc1. The molecule has 1 aliphatic rings. The minimum absolute atomic E-state index is 0.524. The van der Waals surface area contributed by atoms with E-state index in [1.165, 1.54) is 27.6 Å². The number of fused-ring (bicyclic) bond motifs is 17. The molecule has 17 rings (SSSR count). The fourth-order valence-electron chi connectivity index (χ4n) is 12.4. The molecule has 5 heterocycles. The van der Waals surface area contributed by atoms with Crippen molar-refractivity contribution in [3.8, 4) is 73.2 Å². The van der Waals surface area contributed by atoms with Crippen molar-refractivity contribution in [2.45, 2.75) is 6.42 Å². The Labute approximate surface area is 439 Å². The first kappa shape index (κ1) is 42.0. The molecule has 11 aromatic carbocycles. The molecule has 0 N–H and O–H groups in total. The monoisotopic (exact) mass is 984 g/mol. The van der Waals surface area contributed by atoms with Crippen LogP contribution in [-0.4, -0.2) is 19.5 Å². The first-order chi connectivity index (χ1) is 38.1. The number of aromatic nitrogens is 4. The summed E-state index contributed by atoms with van der Waals surface area (Å²) < 4.78 is 22.4. The minimum atomic E-state index is 0.524. The summed E-state index contributed by atoms with van der Waals surface area (Å²) in [4.78, 5) is 16.1.